The number of para-hydroxylation sites is 1. The van der Waals surface area contributed by atoms with Crippen molar-refractivity contribution >= 4 is 23.3 Å². The summed E-state index contributed by atoms with van der Waals surface area (Å²) in [5.74, 6) is -0.396. The number of rotatable bonds is 5. The molecule has 1 unspecified atom stereocenters. The molecule has 0 aromatic heterocycles. The molecule has 134 valence electrons. The van der Waals surface area contributed by atoms with Crippen LogP contribution in [-0.2, 0) is 9.59 Å². The number of hydrogen-bond acceptors (Lipinski definition) is 3. The van der Waals surface area contributed by atoms with Gasteiger partial charge in [-0.1, -0.05) is 42.5 Å². The lowest BCUT2D eigenvalue weighted by Gasteiger charge is -2.28. The van der Waals surface area contributed by atoms with Crippen LogP contribution >= 0.6 is 0 Å². The number of anilines is 1. The summed E-state index contributed by atoms with van der Waals surface area (Å²) in [7, 11) is 0. The molecule has 2 atom stereocenters. The first-order valence-corrected chi connectivity index (χ1v) is 8.67. The van der Waals surface area contributed by atoms with Crippen molar-refractivity contribution in [1.29, 1.82) is 0 Å². The second kappa shape index (κ2) is 7.93. The second-order valence-electron chi connectivity index (χ2n) is 6.39. The number of benzene rings is 2. The maximum absolute atomic E-state index is 12.8. The Balaban J connectivity index is 1.77. The Morgan fingerprint density at radius 1 is 1.08 bits per heavy atom. The second-order valence-corrected chi connectivity index (χ2v) is 6.39. The van der Waals surface area contributed by atoms with Gasteiger partial charge in [-0.3, -0.25) is 14.4 Å². The topological polar surface area (TPSA) is 79.7 Å². The molecule has 1 fully saturated rings. The third-order valence-corrected chi connectivity index (χ3v) is 4.63. The van der Waals surface area contributed by atoms with Crippen LogP contribution in [0.4, 0.5) is 5.69 Å². The Kier molecular flexibility index (Phi) is 5.43. The smallest absolute Gasteiger partial charge is 0.282 e. The van der Waals surface area contributed by atoms with Crippen molar-refractivity contribution in [3.8, 4) is 0 Å². The van der Waals surface area contributed by atoms with Crippen LogP contribution < -0.4 is 15.5 Å². The third-order valence-electron chi connectivity index (χ3n) is 4.63. The summed E-state index contributed by atoms with van der Waals surface area (Å²) >= 11 is 0. The molecule has 1 saturated heterocycles. The van der Waals surface area contributed by atoms with Crippen LogP contribution in [0.1, 0.15) is 22.8 Å². The van der Waals surface area contributed by atoms with Crippen molar-refractivity contribution in [2.45, 2.75) is 13.0 Å². The molecule has 1 aliphatic heterocycles. The lowest BCUT2D eigenvalue weighted by molar-refractivity contribution is -0.907. The first kappa shape index (κ1) is 17.8. The lowest BCUT2D eigenvalue weighted by atomic mass is 10.0. The predicted molar refractivity (Wildman–Crippen MR) is 98.1 cm³/mol. The summed E-state index contributed by atoms with van der Waals surface area (Å²) in [5, 5.41) is 5.62. The Labute approximate surface area is 152 Å². The van der Waals surface area contributed by atoms with Crippen LogP contribution in [0.25, 0.3) is 0 Å². The van der Waals surface area contributed by atoms with E-state index in [2.05, 4.69) is 10.6 Å². The normalized spacial score (nSPS) is 17.9. The quantitative estimate of drug-likeness (QED) is 0.676. The molecule has 2 aromatic carbocycles. The molecule has 0 radical (unpaired) electrons. The number of carbonyl (C=O) groups excluding carboxylic acids is 3. The van der Waals surface area contributed by atoms with E-state index in [0.29, 0.717) is 29.9 Å². The van der Waals surface area contributed by atoms with E-state index in [-0.39, 0.29) is 30.2 Å². The zero-order valence-corrected chi connectivity index (χ0v) is 14.6. The highest BCUT2D eigenvalue weighted by molar-refractivity contribution is 6.14. The highest BCUT2D eigenvalue weighted by atomic mass is 16.2. The lowest BCUT2D eigenvalue weighted by Crippen LogP contribution is -3.19. The van der Waals surface area contributed by atoms with Crippen molar-refractivity contribution in [3.63, 3.8) is 0 Å². The number of ketones is 1. The van der Waals surface area contributed by atoms with Crippen LogP contribution in [0.5, 0.6) is 0 Å². The molecule has 3 rings (SSSR count). The summed E-state index contributed by atoms with van der Waals surface area (Å²) in [5.41, 5.74) is 1.50. The van der Waals surface area contributed by atoms with Crippen molar-refractivity contribution in [3.05, 3.63) is 65.7 Å². The van der Waals surface area contributed by atoms with E-state index >= 15 is 0 Å². The molecule has 26 heavy (non-hydrogen) atoms. The number of quaternary nitrogens is 1. The molecule has 0 saturated carbocycles. The number of carbonyl (C=O) groups is 3. The average molecular weight is 352 g/mol. The van der Waals surface area contributed by atoms with Crippen LogP contribution in [0.15, 0.2) is 54.6 Å². The van der Waals surface area contributed by atoms with Crippen LogP contribution in [0, 0.1) is 0 Å². The molecule has 3 N–H and O–H groups in total. The monoisotopic (exact) mass is 352 g/mol. The minimum absolute atomic E-state index is 0.0504. The minimum atomic E-state index is -0.388. The molecule has 2 aromatic rings. The van der Waals surface area contributed by atoms with Crippen molar-refractivity contribution in [2.75, 3.05) is 25.0 Å². The van der Waals surface area contributed by atoms with Crippen LogP contribution in [-0.4, -0.2) is 43.3 Å². The largest absolute Gasteiger partial charge is 0.346 e. The van der Waals surface area contributed by atoms with Crippen LogP contribution in [0.2, 0.25) is 0 Å². The summed E-state index contributed by atoms with van der Waals surface area (Å²) in [6.45, 7) is 3.34. The van der Waals surface area contributed by atoms with Gasteiger partial charge in [-0.05, 0) is 19.1 Å². The van der Waals surface area contributed by atoms with E-state index < -0.39 is 0 Å². The molecule has 1 heterocycles. The maximum Gasteiger partial charge on any atom is 0.282 e. The number of amides is 2. The zero-order valence-electron chi connectivity index (χ0n) is 14.6. The van der Waals surface area contributed by atoms with E-state index in [0.717, 1.165) is 4.90 Å². The molecule has 0 bridgehead atoms. The van der Waals surface area contributed by atoms with Gasteiger partial charge in [0, 0.05) is 11.1 Å². The van der Waals surface area contributed by atoms with Gasteiger partial charge in [-0.25, -0.2) is 0 Å². The Morgan fingerprint density at radius 3 is 2.50 bits per heavy atom. The van der Waals surface area contributed by atoms with E-state index in [1.54, 1.807) is 55.5 Å². The molecular formula is C20H22N3O3+. The van der Waals surface area contributed by atoms with Gasteiger partial charge in [0.05, 0.1) is 18.8 Å². The predicted octanol–water partition coefficient (Wildman–Crippen LogP) is 0.259. The first-order chi connectivity index (χ1) is 12.6. The number of nitrogens with one attached hydrogen (secondary N) is 3. The SMILES string of the molecule is C[C@@H](C(=O)Nc1ccccc1C(=O)c1ccccc1)[NH+]1CCNC(=O)C1. The van der Waals surface area contributed by atoms with E-state index in [4.69, 9.17) is 0 Å². The van der Waals surface area contributed by atoms with E-state index in [9.17, 15) is 14.4 Å². The van der Waals surface area contributed by atoms with Crippen molar-refractivity contribution in [1.82, 2.24) is 5.32 Å². The number of piperazine rings is 1. The van der Waals surface area contributed by atoms with Gasteiger partial charge in [0.1, 0.15) is 0 Å². The maximum atomic E-state index is 12.8. The molecular weight excluding hydrogens is 330 g/mol. The summed E-state index contributed by atoms with van der Waals surface area (Å²) in [6, 6.07) is 15.6. The first-order valence-electron chi connectivity index (χ1n) is 8.67. The standard InChI is InChI=1S/C20H21N3O3/c1-14(23-12-11-21-18(24)13-23)20(26)22-17-10-6-5-9-16(17)19(25)15-7-3-2-4-8-15/h2-10,14H,11-13H2,1H3,(H,21,24)(H,22,26)/p+1/t14-/m0/s1. The molecule has 2 amide bonds. The zero-order chi connectivity index (χ0) is 18.5. The molecule has 0 aliphatic carbocycles. The molecule has 6 nitrogen and oxygen atoms in total. The summed E-state index contributed by atoms with van der Waals surface area (Å²) in [6.07, 6.45) is 0. The van der Waals surface area contributed by atoms with Crippen molar-refractivity contribution < 1.29 is 19.3 Å². The Morgan fingerprint density at radius 2 is 1.77 bits per heavy atom. The van der Waals surface area contributed by atoms with Gasteiger partial charge >= 0.3 is 0 Å². The highest BCUT2D eigenvalue weighted by Crippen LogP contribution is 2.19. The third kappa shape index (κ3) is 3.97. The minimum Gasteiger partial charge on any atom is -0.346 e. The fourth-order valence-electron chi connectivity index (χ4n) is 3.05. The average Bonchev–Trinajstić information content (AvgIpc) is 2.68. The van der Waals surface area contributed by atoms with Gasteiger partial charge < -0.3 is 15.5 Å². The van der Waals surface area contributed by atoms with E-state index in [1.807, 2.05) is 6.07 Å². The Hall–Kier alpha value is -2.99. The van der Waals surface area contributed by atoms with Crippen molar-refractivity contribution in [2.24, 2.45) is 0 Å². The summed E-state index contributed by atoms with van der Waals surface area (Å²) < 4.78 is 0. The molecule has 0 spiro atoms. The van der Waals surface area contributed by atoms with E-state index in [1.165, 1.54) is 0 Å². The van der Waals surface area contributed by atoms with Gasteiger partial charge in [0.15, 0.2) is 18.4 Å². The van der Waals surface area contributed by atoms with Gasteiger partial charge in [0.25, 0.3) is 11.8 Å². The van der Waals surface area contributed by atoms with Crippen LogP contribution in [0.3, 0.4) is 0 Å². The summed E-state index contributed by atoms with van der Waals surface area (Å²) in [4.78, 5) is 37.9. The van der Waals surface area contributed by atoms with Gasteiger partial charge in [0.2, 0.25) is 0 Å². The fourth-order valence-corrected chi connectivity index (χ4v) is 3.05. The highest BCUT2D eigenvalue weighted by Gasteiger charge is 2.30. The van der Waals surface area contributed by atoms with Gasteiger partial charge in [-0.2, -0.15) is 0 Å². The number of hydrogen-bond donors (Lipinski definition) is 3. The molecule has 6 heteroatoms. The Bertz CT molecular complexity index is 820. The fraction of sp³-hybridized carbons (Fsp3) is 0.250. The molecule has 1 aliphatic rings. The van der Waals surface area contributed by atoms with Gasteiger partial charge in [-0.15, -0.1) is 0 Å².